The predicted molar refractivity (Wildman–Crippen MR) is 220 cm³/mol. The van der Waals surface area contributed by atoms with Crippen molar-refractivity contribution >= 4 is 0 Å². The second-order valence-electron chi connectivity index (χ2n) is 8.94. The summed E-state index contributed by atoms with van der Waals surface area (Å²) in [7, 11) is 1.99. The molecule has 1 heteroatoms. The van der Waals surface area contributed by atoms with Gasteiger partial charge in [-0.2, -0.15) is 0 Å². The van der Waals surface area contributed by atoms with Crippen LogP contribution in [0.1, 0.15) is 142 Å². The molecule has 0 bridgehead atoms. The van der Waals surface area contributed by atoms with Crippen LogP contribution in [-0.4, -0.2) is 13.6 Å². The van der Waals surface area contributed by atoms with Gasteiger partial charge in [0.1, 0.15) is 0 Å². The van der Waals surface area contributed by atoms with Gasteiger partial charge < -0.3 is 5.32 Å². The quantitative estimate of drug-likeness (QED) is 0.245. The lowest BCUT2D eigenvalue weighted by atomic mass is 10.1. The van der Waals surface area contributed by atoms with E-state index in [0.29, 0.717) is 5.92 Å². The van der Waals surface area contributed by atoms with E-state index in [1.54, 1.807) is 6.92 Å². The van der Waals surface area contributed by atoms with E-state index >= 15 is 0 Å². The maximum absolute atomic E-state index is 4.60. The highest BCUT2D eigenvalue weighted by Crippen LogP contribution is 2.09. The summed E-state index contributed by atoms with van der Waals surface area (Å²) in [4.78, 5) is 0. The normalized spacial score (nSPS) is 9.82. The molecule has 0 saturated carbocycles. The Morgan fingerprint density at radius 1 is 0.933 bits per heavy atom. The molecule has 1 aromatic carbocycles. The van der Waals surface area contributed by atoms with Crippen molar-refractivity contribution in [3.63, 3.8) is 0 Å². The minimum absolute atomic E-state index is 0.699. The Morgan fingerprint density at radius 3 is 1.60 bits per heavy atom. The molecule has 0 aliphatic heterocycles. The van der Waals surface area contributed by atoms with Crippen molar-refractivity contribution in [2.45, 2.75) is 143 Å². The summed E-state index contributed by atoms with van der Waals surface area (Å²) in [5.74, 6) is 2.95. The van der Waals surface area contributed by atoms with Gasteiger partial charge in [-0.1, -0.05) is 185 Å². The molecule has 1 N–H and O–H groups in total. The van der Waals surface area contributed by atoms with Crippen LogP contribution in [0.4, 0.5) is 0 Å². The Labute approximate surface area is 288 Å². The Morgan fingerprint density at radius 2 is 1.36 bits per heavy atom. The van der Waals surface area contributed by atoms with E-state index in [9.17, 15) is 0 Å². The van der Waals surface area contributed by atoms with Crippen LogP contribution in [0.5, 0.6) is 0 Å². The molecule has 0 aromatic heterocycles. The molecule has 0 heterocycles. The van der Waals surface area contributed by atoms with E-state index in [1.807, 2.05) is 106 Å². The second kappa shape index (κ2) is 73.0. The number of terminal acetylenes is 1. The molecule has 1 aliphatic rings. The maximum Gasteiger partial charge on any atom is -0.00144 e. The lowest BCUT2D eigenvalue weighted by Gasteiger charge is -2.01. The summed E-state index contributed by atoms with van der Waals surface area (Å²) >= 11 is 0. The number of benzene rings is 1. The van der Waals surface area contributed by atoms with Gasteiger partial charge >= 0.3 is 0 Å². The number of aryl methyl sites for hydroxylation is 1. The first kappa shape index (κ1) is 61.2. The summed E-state index contributed by atoms with van der Waals surface area (Å²) < 4.78 is 0. The van der Waals surface area contributed by atoms with Crippen molar-refractivity contribution < 1.29 is 0 Å². The van der Waals surface area contributed by atoms with Crippen LogP contribution in [0.3, 0.4) is 0 Å². The molecule has 0 amide bonds. The predicted octanol–water partition coefficient (Wildman–Crippen LogP) is 14.9. The van der Waals surface area contributed by atoms with Crippen molar-refractivity contribution in [2.75, 3.05) is 13.6 Å². The van der Waals surface area contributed by atoms with Gasteiger partial charge in [0.25, 0.3) is 0 Å². The van der Waals surface area contributed by atoms with E-state index in [0.717, 1.165) is 25.8 Å². The Bertz CT molecular complexity index is 750. The smallest absolute Gasteiger partial charge is 0.00144 e. The zero-order valence-corrected chi connectivity index (χ0v) is 33.8. The Balaban J connectivity index is -0.0000000601. The van der Waals surface area contributed by atoms with Crippen LogP contribution in [0.2, 0.25) is 0 Å². The summed E-state index contributed by atoms with van der Waals surface area (Å²) in [6, 6.07) is 10.3. The zero-order valence-electron chi connectivity index (χ0n) is 33.8. The van der Waals surface area contributed by atoms with Crippen molar-refractivity contribution in [1.82, 2.24) is 5.32 Å². The average Bonchev–Trinajstić information content (AvgIpc) is 3.37. The number of allylic oxidation sites excluding steroid dienone is 9. The summed E-state index contributed by atoms with van der Waals surface area (Å²) in [5, 5.41) is 3.15. The van der Waals surface area contributed by atoms with Crippen LogP contribution in [0.15, 0.2) is 103 Å². The SMILES string of the molecule is C#CC.C/C=C\C.C=C(C)CC.C=CC(C)CC.CC.CC.CC.CCC.CNCCC1=CC=CC=CC1.Cc1ccccc1. The molecule has 1 nitrogen and oxygen atoms in total. The molecule has 0 radical (unpaired) electrons. The third-order valence-corrected chi connectivity index (χ3v) is 4.69. The molecule has 0 fully saturated rings. The molecule has 0 spiro atoms. The third-order valence-electron chi connectivity index (χ3n) is 4.69. The molecule has 2 rings (SSSR count). The first-order valence-corrected chi connectivity index (χ1v) is 17.5. The van der Waals surface area contributed by atoms with Crippen molar-refractivity contribution in [1.29, 1.82) is 0 Å². The van der Waals surface area contributed by atoms with Crippen LogP contribution < -0.4 is 5.32 Å². The zero-order chi connectivity index (χ0) is 37.2. The van der Waals surface area contributed by atoms with Gasteiger partial charge in [-0.05, 0) is 73.4 Å². The number of rotatable bonds is 6. The van der Waals surface area contributed by atoms with Gasteiger partial charge in [0.05, 0.1) is 0 Å². The molecule has 1 aromatic rings. The fraction of sp³-hybridized carbons (Fsp3) is 0.545. The molecular formula is C44H83N. The van der Waals surface area contributed by atoms with E-state index in [-0.39, 0.29) is 0 Å². The highest BCUT2D eigenvalue weighted by Gasteiger charge is 1.93. The highest BCUT2D eigenvalue weighted by atomic mass is 14.8. The first-order valence-electron chi connectivity index (χ1n) is 17.5. The summed E-state index contributed by atoms with van der Waals surface area (Å²) in [6.45, 7) is 40.8. The summed E-state index contributed by atoms with van der Waals surface area (Å²) in [6.07, 6.45) is 27.1. The maximum atomic E-state index is 4.60. The molecule has 1 atom stereocenters. The molecular weight excluding hydrogens is 542 g/mol. The third kappa shape index (κ3) is 99.7. The minimum atomic E-state index is 0.699. The topological polar surface area (TPSA) is 12.0 Å². The lowest BCUT2D eigenvalue weighted by Crippen LogP contribution is -2.08. The molecule has 1 unspecified atom stereocenters. The van der Waals surface area contributed by atoms with Gasteiger partial charge in [0.2, 0.25) is 0 Å². The molecule has 0 saturated heterocycles. The van der Waals surface area contributed by atoms with Gasteiger partial charge in [0, 0.05) is 0 Å². The Kier molecular flexibility index (Phi) is 99.3. The molecule has 264 valence electrons. The van der Waals surface area contributed by atoms with Crippen molar-refractivity contribution in [2.24, 2.45) is 5.92 Å². The first-order chi connectivity index (χ1) is 21.6. The van der Waals surface area contributed by atoms with E-state index in [4.69, 9.17) is 0 Å². The molecule has 1 aliphatic carbocycles. The monoisotopic (exact) mass is 626 g/mol. The van der Waals surface area contributed by atoms with Crippen LogP contribution >= 0.6 is 0 Å². The van der Waals surface area contributed by atoms with Crippen LogP contribution in [0, 0.1) is 25.2 Å². The van der Waals surface area contributed by atoms with Gasteiger partial charge in [-0.3, -0.25) is 0 Å². The standard InChI is InChI=1S/C10H15N.C7H8.C6H12.C5H10.C4H8.C3H8.C3H4.3C2H6/c1-11-9-8-10-6-4-2-3-5-7-10;1-7-5-3-2-4-6-7;1-4-6(3)5-2;1-4-5(2)3;1-3-4-2;2*1-3-2;3*1-2/h2-6,11H,7-9H2,1H3;2-6H,1H3;4,6H,1,5H2,2-3H3;2,4H2,1,3H3;3-4H,1-2H3;3H2,1-2H3;1H,2H3;3*1-2H3/b;;;;4-3-;;;;;. The fourth-order valence-electron chi connectivity index (χ4n) is 1.79. The van der Waals surface area contributed by atoms with Crippen molar-refractivity contribution in [3.8, 4) is 12.3 Å². The minimum Gasteiger partial charge on any atom is -0.319 e. The van der Waals surface area contributed by atoms with Gasteiger partial charge in [0.15, 0.2) is 0 Å². The second-order valence-corrected chi connectivity index (χ2v) is 8.94. The van der Waals surface area contributed by atoms with Crippen LogP contribution in [0.25, 0.3) is 0 Å². The van der Waals surface area contributed by atoms with Gasteiger partial charge in [-0.25, -0.2) is 0 Å². The largest absolute Gasteiger partial charge is 0.319 e. The van der Waals surface area contributed by atoms with E-state index in [2.05, 4.69) is 115 Å². The van der Waals surface area contributed by atoms with Crippen molar-refractivity contribution in [3.05, 3.63) is 109 Å². The Hall–Kier alpha value is -2.82. The highest BCUT2D eigenvalue weighted by molar-refractivity contribution is 5.23. The van der Waals surface area contributed by atoms with E-state index in [1.165, 1.54) is 29.6 Å². The van der Waals surface area contributed by atoms with Crippen LogP contribution in [-0.2, 0) is 0 Å². The number of hydrogen-bond acceptors (Lipinski definition) is 1. The number of nitrogens with one attached hydrogen (secondary N) is 1. The lowest BCUT2D eigenvalue weighted by molar-refractivity contribution is 0.700. The average molecular weight is 626 g/mol. The molecule has 45 heavy (non-hydrogen) atoms. The van der Waals surface area contributed by atoms with Gasteiger partial charge in [-0.15, -0.1) is 25.5 Å². The summed E-state index contributed by atoms with van der Waals surface area (Å²) in [5.41, 5.74) is 4.08. The fourth-order valence-corrected chi connectivity index (χ4v) is 1.79. The van der Waals surface area contributed by atoms with E-state index < -0.39 is 0 Å². The number of hydrogen-bond donors (Lipinski definition) is 1.